The maximum absolute atomic E-state index is 13.6. The molecule has 0 aliphatic rings. The lowest BCUT2D eigenvalue weighted by atomic mass is 10.0. The van der Waals surface area contributed by atoms with E-state index in [1.165, 1.54) is 12.1 Å². The standard InChI is InChI=1S/C23H19FN6/c1-15-22(29(2)28-27-15)17-8-11-19-21(13-17)30(14-26-19)23(20-5-3-4-12-25-20)16-6-9-18(24)10-7-16/h3-14,23H,1-2H3/t23-/m0/s1. The Kier molecular flexibility index (Phi) is 4.35. The van der Waals surface area contributed by atoms with Crippen LogP contribution in [0.1, 0.15) is 23.0 Å². The summed E-state index contributed by atoms with van der Waals surface area (Å²) in [6.45, 7) is 1.94. The van der Waals surface area contributed by atoms with Crippen LogP contribution in [0.5, 0.6) is 0 Å². The van der Waals surface area contributed by atoms with E-state index >= 15 is 0 Å². The molecule has 0 unspecified atom stereocenters. The zero-order valence-corrected chi connectivity index (χ0v) is 16.6. The van der Waals surface area contributed by atoms with Crippen LogP contribution in [0.3, 0.4) is 0 Å². The quantitative estimate of drug-likeness (QED) is 0.453. The minimum absolute atomic E-state index is 0.238. The average molecular weight is 398 g/mol. The molecular weight excluding hydrogens is 379 g/mol. The molecule has 0 saturated heterocycles. The highest BCUT2D eigenvalue weighted by Crippen LogP contribution is 2.31. The van der Waals surface area contributed by atoms with Crippen molar-refractivity contribution in [3.8, 4) is 11.3 Å². The normalized spacial score (nSPS) is 12.4. The van der Waals surface area contributed by atoms with Crippen molar-refractivity contribution in [3.63, 3.8) is 0 Å². The Morgan fingerprint density at radius 2 is 1.80 bits per heavy atom. The molecule has 0 spiro atoms. The molecule has 5 aromatic rings. The summed E-state index contributed by atoms with van der Waals surface area (Å²) in [5.41, 5.74) is 6.43. The van der Waals surface area contributed by atoms with Crippen molar-refractivity contribution in [3.05, 3.63) is 96.0 Å². The minimum Gasteiger partial charge on any atom is -0.317 e. The summed E-state index contributed by atoms with van der Waals surface area (Å²) in [6.07, 6.45) is 3.58. The van der Waals surface area contributed by atoms with Crippen LogP contribution in [-0.4, -0.2) is 29.5 Å². The van der Waals surface area contributed by atoms with E-state index in [1.54, 1.807) is 23.0 Å². The van der Waals surface area contributed by atoms with E-state index in [2.05, 4.69) is 30.9 Å². The fraction of sp³-hybridized carbons (Fsp3) is 0.130. The summed E-state index contributed by atoms with van der Waals surface area (Å²) in [5.74, 6) is -0.268. The average Bonchev–Trinajstić information content (AvgIpc) is 3.33. The van der Waals surface area contributed by atoms with E-state index in [9.17, 15) is 4.39 Å². The van der Waals surface area contributed by atoms with E-state index in [4.69, 9.17) is 0 Å². The minimum atomic E-state index is -0.268. The Bertz CT molecular complexity index is 1300. The lowest BCUT2D eigenvalue weighted by Gasteiger charge is -2.20. The highest BCUT2D eigenvalue weighted by Gasteiger charge is 2.21. The van der Waals surface area contributed by atoms with Gasteiger partial charge in [-0.3, -0.25) is 4.98 Å². The Hall–Kier alpha value is -3.87. The monoisotopic (exact) mass is 398 g/mol. The molecule has 3 aromatic heterocycles. The number of hydrogen-bond donors (Lipinski definition) is 0. The number of pyridine rings is 1. The van der Waals surface area contributed by atoms with Crippen LogP contribution < -0.4 is 0 Å². The second-order valence-electron chi connectivity index (χ2n) is 7.21. The van der Waals surface area contributed by atoms with Crippen LogP contribution in [0.25, 0.3) is 22.3 Å². The number of imidazole rings is 1. The lowest BCUT2D eigenvalue weighted by Crippen LogP contribution is -2.13. The van der Waals surface area contributed by atoms with Crippen LogP contribution in [-0.2, 0) is 7.05 Å². The number of aromatic nitrogens is 6. The second-order valence-corrected chi connectivity index (χ2v) is 7.21. The third kappa shape index (κ3) is 3.04. The summed E-state index contributed by atoms with van der Waals surface area (Å²) in [6, 6.07) is 18.2. The first kappa shape index (κ1) is 18.2. The fourth-order valence-corrected chi connectivity index (χ4v) is 3.89. The van der Waals surface area contributed by atoms with Crippen molar-refractivity contribution in [1.29, 1.82) is 0 Å². The van der Waals surface area contributed by atoms with Crippen LogP contribution in [0.4, 0.5) is 4.39 Å². The summed E-state index contributed by atoms with van der Waals surface area (Å²) >= 11 is 0. The van der Waals surface area contributed by atoms with Gasteiger partial charge < -0.3 is 4.57 Å². The number of halogens is 1. The third-order valence-electron chi connectivity index (χ3n) is 5.28. The number of fused-ring (bicyclic) bond motifs is 1. The number of benzene rings is 2. The van der Waals surface area contributed by atoms with E-state index in [1.807, 2.05) is 50.6 Å². The molecule has 0 aliphatic heterocycles. The SMILES string of the molecule is Cc1nnn(C)c1-c1ccc2ncn([C@@H](c3ccc(F)cc3)c3ccccn3)c2c1. The van der Waals surface area contributed by atoms with Crippen molar-refractivity contribution in [1.82, 2.24) is 29.5 Å². The van der Waals surface area contributed by atoms with Crippen LogP contribution in [0.2, 0.25) is 0 Å². The molecule has 1 atom stereocenters. The van der Waals surface area contributed by atoms with Crippen molar-refractivity contribution in [2.75, 3.05) is 0 Å². The molecule has 7 heteroatoms. The molecule has 6 nitrogen and oxygen atoms in total. The van der Waals surface area contributed by atoms with Gasteiger partial charge in [0.25, 0.3) is 0 Å². The van der Waals surface area contributed by atoms with Gasteiger partial charge in [-0.15, -0.1) is 5.10 Å². The van der Waals surface area contributed by atoms with Crippen molar-refractivity contribution in [2.45, 2.75) is 13.0 Å². The Balaban J connectivity index is 1.72. The summed E-state index contributed by atoms with van der Waals surface area (Å²) in [5, 5.41) is 8.29. The topological polar surface area (TPSA) is 61.4 Å². The third-order valence-corrected chi connectivity index (χ3v) is 5.28. The maximum atomic E-state index is 13.6. The first-order valence-corrected chi connectivity index (χ1v) is 9.61. The van der Waals surface area contributed by atoms with Gasteiger partial charge in [0.2, 0.25) is 0 Å². The van der Waals surface area contributed by atoms with Crippen molar-refractivity contribution in [2.24, 2.45) is 7.05 Å². The molecule has 0 aliphatic carbocycles. The van der Waals surface area contributed by atoms with E-state index in [0.29, 0.717) is 0 Å². The predicted octanol–water partition coefficient (Wildman–Crippen LogP) is 4.31. The summed E-state index contributed by atoms with van der Waals surface area (Å²) < 4.78 is 17.4. The molecule has 0 saturated carbocycles. The fourth-order valence-electron chi connectivity index (χ4n) is 3.89. The van der Waals surface area contributed by atoms with Gasteiger partial charge in [0.1, 0.15) is 11.9 Å². The molecule has 3 heterocycles. The predicted molar refractivity (Wildman–Crippen MR) is 112 cm³/mol. The molecule has 0 N–H and O–H groups in total. The molecule has 0 radical (unpaired) electrons. The largest absolute Gasteiger partial charge is 0.317 e. The Morgan fingerprint density at radius 3 is 2.50 bits per heavy atom. The van der Waals surface area contributed by atoms with Gasteiger partial charge in [-0.05, 0) is 48.9 Å². The molecule has 0 fully saturated rings. The van der Waals surface area contributed by atoms with Crippen molar-refractivity contribution < 1.29 is 4.39 Å². The summed E-state index contributed by atoms with van der Waals surface area (Å²) in [4.78, 5) is 9.17. The van der Waals surface area contributed by atoms with Gasteiger partial charge in [-0.1, -0.05) is 29.5 Å². The molecular formula is C23H19FN6. The van der Waals surface area contributed by atoms with E-state index < -0.39 is 0 Å². The zero-order chi connectivity index (χ0) is 20.7. The van der Waals surface area contributed by atoms with Crippen LogP contribution in [0.15, 0.2) is 73.2 Å². The second kappa shape index (κ2) is 7.18. The number of nitrogens with zero attached hydrogens (tertiary/aromatic N) is 6. The smallest absolute Gasteiger partial charge is 0.123 e. The number of rotatable bonds is 4. The molecule has 5 rings (SSSR count). The molecule has 148 valence electrons. The van der Waals surface area contributed by atoms with Gasteiger partial charge >= 0.3 is 0 Å². The molecule has 2 aromatic carbocycles. The highest BCUT2D eigenvalue weighted by molar-refractivity contribution is 5.82. The molecule has 30 heavy (non-hydrogen) atoms. The first-order valence-electron chi connectivity index (χ1n) is 9.61. The maximum Gasteiger partial charge on any atom is 0.123 e. The van der Waals surface area contributed by atoms with E-state index in [0.717, 1.165) is 39.2 Å². The van der Waals surface area contributed by atoms with Crippen molar-refractivity contribution >= 4 is 11.0 Å². The summed E-state index contributed by atoms with van der Waals surface area (Å²) in [7, 11) is 1.88. The Labute approximate surface area is 172 Å². The van der Waals surface area contributed by atoms with Gasteiger partial charge in [0.15, 0.2) is 0 Å². The van der Waals surface area contributed by atoms with E-state index in [-0.39, 0.29) is 11.9 Å². The number of aryl methyl sites for hydroxylation is 2. The van der Waals surface area contributed by atoms with Gasteiger partial charge in [-0.25, -0.2) is 14.1 Å². The number of hydrogen-bond acceptors (Lipinski definition) is 4. The van der Waals surface area contributed by atoms with Gasteiger partial charge in [0, 0.05) is 18.8 Å². The zero-order valence-electron chi connectivity index (χ0n) is 16.6. The first-order chi connectivity index (χ1) is 14.6. The van der Waals surface area contributed by atoms with Crippen LogP contribution >= 0.6 is 0 Å². The highest BCUT2D eigenvalue weighted by atomic mass is 19.1. The van der Waals surface area contributed by atoms with Crippen LogP contribution in [0, 0.1) is 12.7 Å². The molecule has 0 amide bonds. The van der Waals surface area contributed by atoms with Gasteiger partial charge in [0.05, 0.1) is 34.4 Å². The van der Waals surface area contributed by atoms with Gasteiger partial charge in [-0.2, -0.15) is 0 Å². The lowest BCUT2D eigenvalue weighted by molar-refractivity contribution is 0.622. The Morgan fingerprint density at radius 1 is 0.967 bits per heavy atom. The molecule has 0 bridgehead atoms.